The molecule has 1 saturated heterocycles. The maximum atomic E-state index is 12.7. The van der Waals surface area contributed by atoms with E-state index >= 15 is 0 Å². The minimum absolute atomic E-state index is 0.229. The number of likely N-dealkylation sites (N-methyl/N-ethyl adjacent to an activating group) is 1. The van der Waals surface area contributed by atoms with Crippen LogP contribution in [0.25, 0.3) is 0 Å². The lowest BCUT2D eigenvalue weighted by molar-refractivity contribution is -0.154. The van der Waals surface area contributed by atoms with Crippen LogP contribution in [0.4, 0.5) is 0 Å². The first kappa shape index (κ1) is 20.1. The molecule has 1 aliphatic rings. The van der Waals surface area contributed by atoms with Crippen molar-refractivity contribution >= 4 is 11.9 Å². The number of nitrogens with zero attached hydrogens (tertiary/aromatic N) is 1. The Bertz CT molecular complexity index is 778. The van der Waals surface area contributed by atoms with Crippen LogP contribution in [0.15, 0.2) is 60.7 Å². The van der Waals surface area contributed by atoms with Gasteiger partial charge in [-0.15, -0.1) is 0 Å². The van der Waals surface area contributed by atoms with Gasteiger partial charge in [0.25, 0.3) is 0 Å². The summed E-state index contributed by atoms with van der Waals surface area (Å²) in [6.07, 6.45) is 1.19. The van der Waals surface area contributed by atoms with E-state index in [0.29, 0.717) is 19.4 Å². The van der Waals surface area contributed by atoms with Crippen LogP contribution in [0, 0.1) is 5.92 Å². The maximum Gasteiger partial charge on any atom is 0.312 e. The van der Waals surface area contributed by atoms with Gasteiger partial charge in [0, 0.05) is 6.04 Å². The van der Waals surface area contributed by atoms with Gasteiger partial charge in [-0.25, -0.2) is 0 Å². The van der Waals surface area contributed by atoms with E-state index in [1.54, 1.807) is 0 Å². The van der Waals surface area contributed by atoms with Gasteiger partial charge < -0.3 is 9.84 Å². The van der Waals surface area contributed by atoms with Gasteiger partial charge in [0.05, 0.1) is 11.8 Å². The van der Waals surface area contributed by atoms with Crippen molar-refractivity contribution in [3.63, 3.8) is 0 Å². The molecule has 0 aromatic heterocycles. The molecule has 3 rings (SSSR count). The van der Waals surface area contributed by atoms with Crippen LogP contribution in [-0.4, -0.2) is 41.1 Å². The zero-order valence-corrected chi connectivity index (χ0v) is 16.2. The molecule has 1 heterocycles. The van der Waals surface area contributed by atoms with Gasteiger partial charge >= 0.3 is 11.9 Å². The molecule has 1 N–H and O–H groups in total. The average Bonchev–Trinajstić information content (AvgIpc) is 2.73. The smallest absolute Gasteiger partial charge is 0.312 e. The first-order valence-corrected chi connectivity index (χ1v) is 9.82. The predicted molar refractivity (Wildman–Crippen MR) is 107 cm³/mol. The summed E-state index contributed by atoms with van der Waals surface area (Å²) in [4.78, 5) is 26.9. The molecule has 1 fully saturated rings. The second-order valence-corrected chi connectivity index (χ2v) is 7.24. The molecule has 2 aromatic carbocycles. The number of rotatable bonds is 7. The molecule has 5 heteroatoms. The van der Waals surface area contributed by atoms with Gasteiger partial charge in [0.15, 0.2) is 0 Å². The number of esters is 1. The number of hydrogen-bond donors (Lipinski definition) is 1. The zero-order valence-electron chi connectivity index (χ0n) is 16.2. The highest BCUT2D eigenvalue weighted by Gasteiger charge is 2.40. The minimum Gasteiger partial charge on any atom is -0.481 e. The molecule has 0 aliphatic carbocycles. The van der Waals surface area contributed by atoms with Crippen molar-refractivity contribution < 1.29 is 19.4 Å². The standard InChI is InChI=1S/C23H27NO4/c1-2-24-14-13-19(23(27)28-16-17-9-5-3-6-10-17)15-20(24)21(22(25)26)18-11-7-4-8-12-18/h3-12,19-21H,2,13-16H2,1H3,(H,25,26). The molecule has 3 unspecified atom stereocenters. The average molecular weight is 381 g/mol. The molecule has 0 radical (unpaired) electrons. The number of carboxylic acids is 1. The molecule has 0 bridgehead atoms. The summed E-state index contributed by atoms with van der Waals surface area (Å²) in [5.74, 6) is -2.03. The zero-order chi connectivity index (χ0) is 19.9. The normalized spacial score (nSPS) is 21.0. The first-order chi connectivity index (χ1) is 13.6. The van der Waals surface area contributed by atoms with Crippen LogP contribution < -0.4 is 0 Å². The van der Waals surface area contributed by atoms with Gasteiger partial charge in [-0.3, -0.25) is 14.5 Å². The van der Waals surface area contributed by atoms with Gasteiger partial charge in [0.2, 0.25) is 0 Å². The highest BCUT2D eigenvalue weighted by molar-refractivity contribution is 5.78. The van der Waals surface area contributed by atoms with Crippen LogP contribution in [0.3, 0.4) is 0 Å². The molecule has 148 valence electrons. The highest BCUT2D eigenvalue weighted by Crippen LogP contribution is 2.34. The summed E-state index contributed by atoms with van der Waals surface area (Å²) < 4.78 is 5.53. The number of benzene rings is 2. The van der Waals surface area contributed by atoms with Crippen molar-refractivity contribution in [3.8, 4) is 0 Å². The molecule has 1 aliphatic heterocycles. The third kappa shape index (κ3) is 4.78. The summed E-state index contributed by atoms with van der Waals surface area (Å²) in [7, 11) is 0. The van der Waals surface area contributed by atoms with Crippen molar-refractivity contribution in [2.45, 2.75) is 38.3 Å². The fourth-order valence-electron chi connectivity index (χ4n) is 4.04. The Morgan fingerprint density at radius 3 is 2.36 bits per heavy atom. The Hall–Kier alpha value is -2.66. The van der Waals surface area contributed by atoms with E-state index in [-0.39, 0.29) is 24.5 Å². The lowest BCUT2D eigenvalue weighted by Gasteiger charge is -2.41. The second-order valence-electron chi connectivity index (χ2n) is 7.24. The fraction of sp³-hybridized carbons (Fsp3) is 0.391. The largest absolute Gasteiger partial charge is 0.481 e. The summed E-state index contributed by atoms with van der Waals surface area (Å²) in [6, 6.07) is 18.7. The van der Waals surface area contributed by atoms with Gasteiger partial charge in [-0.1, -0.05) is 67.6 Å². The van der Waals surface area contributed by atoms with Crippen molar-refractivity contribution in [1.82, 2.24) is 4.90 Å². The van der Waals surface area contributed by atoms with Crippen LogP contribution in [0.1, 0.15) is 36.8 Å². The summed E-state index contributed by atoms with van der Waals surface area (Å²) in [6.45, 7) is 3.74. The van der Waals surface area contributed by atoms with Crippen molar-refractivity contribution in [3.05, 3.63) is 71.8 Å². The van der Waals surface area contributed by atoms with Crippen LogP contribution in [0.2, 0.25) is 0 Å². The van der Waals surface area contributed by atoms with Crippen molar-refractivity contribution in [2.75, 3.05) is 13.1 Å². The van der Waals surface area contributed by atoms with E-state index in [0.717, 1.165) is 17.7 Å². The Morgan fingerprint density at radius 1 is 1.11 bits per heavy atom. The predicted octanol–water partition coefficient (Wildman–Crippen LogP) is 3.70. The van der Waals surface area contributed by atoms with Crippen molar-refractivity contribution in [2.24, 2.45) is 5.92 Å². The van der Waals surface area contributed by atoms with E-state index in [4.69, 9.17) is 4.74 Å². The van der Waals surface area contributed by atoms with E-state index in [1.807, 2.05) is 67.6 Å². The van der Waals surface area contributed by atoms with Crippen LogP contribution >= 0.6 is 0 Å². The number of carbonyl (C=O) groups is 2. The number of piperidine rings is 1. The third-order valence-corrected chi connectivity index (χ3v) is 5.53. The number of aliphatic carboxylic acids is 1. The van der Waals surface area contributed by atoms with Crippen LogP contribution in [0.5, 0.6) is 0 Å². The number of carbonyl (C=O) groups excluding carboxylic acids is 1. The maximum absolute atomic E-state index is 12.7. The fourth-order valence-corrected chi connectivity index (χ4v) is 4.04. The number of carboxylic acid groups (broad SMARTS) is 1. The van der Waals surface area contributed by atoms with Gasteiger partial charge in [-0.05, 0) is 37.1 Å². The molecule has 3 atom stereocenters. The number of ether oxygens (including phenoxy) is 1. The third-order valence-electron chi connectivity index (χ3n) is 5.53. The quantitative estimate of drug-likeness (QED) is 0.741. The summed E-state index contributed by atoms with van der Waals surface area (Å²) in [5.41, 5.74) is 1.72. The Balaban J connectivity index is 1.72. The van der Waals surface area contributed by atoms with Crippen LogP contribution in [-0.2, 0) is 20.9 Å². The van der Waals surface area contributed by atoms with Gasteiger partial charge in [0.1, 0.15) is 6.61 Å². The summed E-state index contributed by atoms with van der Waals surface area (Å²) >= 11 is 0. The molecule has 2 aromatic rings. The minimum atomic E-state index is -0.854. The molecule has 0 saturated carbocycles. The molecular weight excluding hydrogens is 354 g/mol. The Morgan fingerprint density at radius 2 is 1.75 bits per heavy atom. The summed E-state index contributed by atoms with van der Waals surface area (Å²) in [5, 5.41) is 9.93. The SMILES string of the molecule is CCN1CCC(C(=O)OCc2ccccc2)CC1C(C(=O)O)c1ccccc1. The molecule has 0 spiro atoms. The molecular formula is C23H27NO4. The monoisotopic (exact) mass is 381 g/mol. The Kier molecular flexibility index (Phi) is 6.82. The second kappa shape index (κ2) is 9.51. The lowest BCUT2D eigenvalue weighted by atomic mass is 9.80. The molecule has 28 heavy (non-hydrogen) atoms. The molecule has 5 nitrogen and oxygen atoms in total. The topological polar surface area (TPSA) is 66.8 Å². The number of hydrogen-bond acceptors (Lipinski definition) is 4. The first-order valence-electron chi connectivity index (χ1n) is 9.82. The number of likely N-dealkylation sites (tertiary alicyclic amines) is 1. The Labute approximate surface area is 165 Å². The van der Waals surface area contributed by atoms with E-state index in [1.165, 1.54) is 0 Å². The van der Waals surface area contributed by atoms with E-state index < -0.39 is 11.9 Å². The van der Waals surface area contributed by atoms with Gasteiger partial charge in [-0.2, -0.15) is 0 Å². The highest BCUT2D eigenvalue weighted by atomic mass is 16.5. The van der Waals surface area contributed by atoms with Crippen molar-refractivity contribution in [1.29, 1.82) is 0 Å². The van der Waals surface area contributed by atoms with E-state index in [2.05, 4.69) is 4.90 Å². The molecule has 0 amide bonds. The lowest BCUT2D eigenvalue weighted by Crippen LogP contribution is -2.49. The van der Waals surface area contributed by atoms with E-state index in [9.17, 15) is 14.7 Å².